The topological polar surface area (TPSA) is 76.0 Å². The lowest BCUT2D eigenvalue weighted by Crippen LogP contribution is -2.04. The number of pyridine rings is 2. The Morgan fingerprint density at radius 2 is 1.54 bits per heavy atom. The highest BCUT2D eigenvalue weighted by molar-refractivity contribution is 6.05. The van der Waals surface area contributed by atoms with Crippen molar-refractivity contribution >= 4 is 33.5 Å². The Morgan fingerprint density at radius 3 is 2.38 bits per heavy atom. The van der Waals surface area contributed by atoms with Crippen LogP contribution < -0.4 is 5.43 Å². The second-order valence-corrected chi connectivity index (χ2v) is 5.29. The summed E-state index contributed by atoms with van der Waals surface area (Å²) in [5, 5.41) is 6.43. The van der Waals surface area contributed by atoms with E-state index in [0.717, 1.165) is 33.2 Å². The van der Waals surface area contributed by atoms with Crippen molar-refractivity contribution in [1.29, 1.82) is 0 Å². The second kappa shape index (κ2) is 6.00. The largest absolute Gasteiger partial charge is 0.254 e. The van der Waals surface area contributed by atoms with E-state index in [4.69, 9.17) is 4.98 Å². The van der Waals surface area contributed by atoms with Gasteiger partial charge in [-0.15, -0.1) is 0 Å². The van der Waals surface area contributed by atoms with Crippen molar-refractivity contribution in [1.82, 2.24) is 19.9 Å². The zero-order valence-electron chi connectivity index (χ0n) is 13.0. The van der Waals surface area contributed by atoms with Crippen molar-refractivity contribution in [2.75, 3.05) is 5.43 Å². The van der Waals surface area contributed by atoms with Crippen molar-refractivity contribution in [2.24, 2.45) is 5.10 Å². The third-order valence-electron chi connectivity index (χ3n) is 3.69. The molecule has 116 valence electrons. The summed E-state index contributed by atoms with van der Waals surface area (Å²) < 4.78 is 0. The van der Waals surface area contributed by atoms with Gasteiger partial charge in [0.2, 0.25) is 5.95 Å². The van der Waals surface area contributed by atoms with E-state index in [1.54, 1.807) is 24.7 Å². The summed E-state index contributed by atoms with van der Waals surface area (Å²) in [6, 6.07) is 13.8. The minimum absolute atomic E-state index is 0.449. The minimum Gasteiger partial charge on any atom is -0.254 e. The molecule has 0 saturated carbocycles. The SMILES string of the molecule is C/C(=N\Nc1ncccn1)c1ccc2ccc3cccnc3c2n1. The van der Waals surface area contributed by atoms with Gasteiger partial charge >= 0.3 is 0 Å². The highest BCUT2D eigenvalue weighted by Crippen LogP contribution is 2.22. The van der Waals surface area contributed by atoms with Crippen molar-refractivity contribution < 1.29 is 0 Å². The normalized spacial score (nSPS) is 11.8. The number of anilines is 1. The van der Waals surface area contributed by atoms with Crippen LogP contribution in [0.25, 0.3) is 21.8 Å². The highest BCUT2D eigenvalue weighted by atomic mass is 15.3. The van der Waals surface area contributed by atoms with Crippen molar-refractivity contribution in [3.63, 3.8) is 0 Å². The molecule has 0 spiro atoms. The van der Waals surface area contributed by atoms with Gasteiger partial charge in [0.05, 0.1) is 22.4 Å². The van der Waals surface area contributed by atoms with Crippen molar-refractivity contribution in [3.05, 3.63) is 66.7 Å². The Hall–Kier alpha value is -3.41. The first-order valence-electron chi connectivity index (χ1n) is 7.53. The van der Waals surface area contributed by atoms with Crippen molar-refractivity contribution in [2.45, 2.75) is 6.92 Å². The van der Waals surface area contributed by atoms with Crippen LogP contribution in [0.15, 0.2) is 66.2 Å². The van der Waals surface area contributed by atoms with Crippen LogP contribution in [0.1, 0.15) is 12.6 Å². The Labute approximate surface area is 138 Å². The first-order valence-corrected chi connectivity index (χ1v) is 7.53. The second-order valence-electron chi connectivity index (χ2n) is 5.29. The number of aromatic nitrogens is 4. The molecule has 4 aromatic rings. The predicted octanol–water partition coefficient (Wildman–Crippen LogP) is 3.41. The Bertz CT molecular complexity index is 1040. The van der Waals surface area contributed by atoms with E-state index in [1.165, 1.54) is 0 Å². The van der Waals surface area contributed by atoms with Crippen LogP contribution in [0.4, 0.5) is 5.95 Å². The smallest absolute Gasteiger partial charge is 0.243 e. The molecule has 6 nitrogen and oxygen atoms in total. The molecule has 0 bridgehead atoms. The minimum atomic E-state index is 0.449. The summed E-state index contributed by atoms with van der Waals surface area (Å²) in [5.74, 6) is 0.449. The zero-order valence-corrected chi connectivity index (χ0v) is 13.0. The fourth-order valence-electron chi connectivity index (χ4n) is 2.47. The number of fused-ring (bicyclic) bond motifs is 3. The van der Waals surface area contributed by atoms with E-state index < -0.39 is 0 Å². The molecule has 0 fully saturated rings. The van der Waals surface area contributed by atoms with E-state index in [0.29, 0.717) is 5.95 Å². The number of rotatable bonds is 3. The summed E-state index contributed by atoms with van der Waals surface area (Å²) in [5.41, 5.74) is 6.13. The van der Waals surface area contributed by atoms with Crippen LogP contribution in [-0.4, -0.2) is 25.6 Å². The van der Waals surface area contributed by atoms with Gasteiger partial charge in [-0.1, -0.05) is 24.3 Å². The molecule has 1 aromatic carbocycles. The number of hydrogen-bond donors (Lipinski definition) is 1. The first-order chi connectivity index (χ1) is 11.8. The van der Waals surface area contributed by atoms with E-state index in [2.05, 4.69) is 37.6 Å². The fraction of sp³-hybridized carbons (Fsp3) is 0.0556. The predicted molar refractivity (Wildman–Crippen MR) is 94.9 cm³/mol. The molecule has 0 amide bonds. The van der Waals surface area contributed by atoms with Crippen LogP contribution in [-0.2, 0) is 0 Å². The number of benzene rings is 1. The van der Waals surface area contributed by atoms with Gasteiger partial charge < -0.3 is 0 Å². The summed E-state index contributed by atoms with van der Waals surface area (Å²) in [6.45, 7) is 1.89. The molecule has 0 aliphatic carbocycles. The first kappa shape index (κ1) is 14.2. The summed E-state index contributed by atoms with van der Waals surface area (Å²) in [7, 11) is 0. The fourth-order valence-corrected chi connectivity index (χ4v) is 2.47. The van der Waals surface area contributed by atoms with Crippen LogP contribution in [0, 0.1) is 0 Å². The maximum Gasteiger partial charge on any atom is 0.243 e. The van der Waals surface area contributed by atoms with Gasteiger partial charge in [0.25, 0.3) is 0 Å². The molecule has 3 heterocycles. The van der Waals surface area contributed by atoms with E-state index >= 15 is 0 Å². The quantitative estimate of drug-likeness (QED) is 0.356. The lowest BCUT2D eigenvalue weighted by atomic mass is 10.1. The van der Waals surface area contributed by atoms with Gasteiger partial charge in [-0.3, -0.25) is 4.98 Å². The highest BCUT2D eigenvalue weighted by Gasteiger charge is 2.06. The lowest BCUT2D eigenvalue weighted by molar-refractivity contribution is 1.11. The molecule has 3 aromatic heterocycles. The molecule has 0 unspecified atom stereocenters. The molecule has 0 radical (unpaired) electrons. The van der Waals surface area contributed by atoms with Gasteiger partial charge in [-0.05, 0) is 25.1 Å². The molecule has 0 saturated heterocycles. The number of nitrogens with zero attached hydrogens (tertiary/aromatic N) is 5. The molecule has 6 heteroatoms. The Balaban J connectivity index is 1.75. The molecule has 0 atom stereocenters. The van der Waals surface area contributed by atoms with Crippen LogP contribution in [0.5, 0.6) is 0 Å². The molecule has 4 rings (SSSR count). The third kappa shape index (κ3) is 2.65. The molecule has 0 aliphatic heterocycles. The van der Waals surface area contributed by atoms with Crippen molar-refractivity contribution in [3.8, 4) is 0 Å². The molecular formula is C18H14N6. The number of nitrogens with one attached hydrogen (secondary N) is 1. The third-order valence-corrected chi connectivity index (χ3v) is 3.69. The average Bonchev–Trinajstić information content (AvgIpc) is 2.66. The van der Waals surface area contributed by atoms with E-state index in [9.17, 15) is 0 Å². The van der Waals surface area contributed by atoms with E-state index in [-0.39, 0.29) is 0 Å². The van der Waals surface area contributed by atoms with Gasteiger partial charge in [-0.25, -0.2) is 20.4 Å². The van der Waals surface area contributed by atoms with Gasteiger partial charge in [0, 0.05) is 29.4 Å². The van der Waals surface area contributed by atoms with E-state index in [1.807, 2.05) is 31.2 Å². The average molecular weight is 314 g/mol. The van der Waals surface area contributed by atoms with Crippen LogP contribution in [0.2, 0.25) is 0 Å². The van der Waals surface area contributed by atoms with Gasteiger partial charge in [0.15, 0.2) is 0 Å². The number of hydrogen-bond acceptors (Lipinski definition) is 6. The summed E-state index contributed by atoms with van der Waals surface area (Å²) in [6.07, 6.45) is 5.10. The molecule has 0 aliphatic rings. The van der Waals surface area contributed by atoms with Crippen LogP contribution >= 0.6 is 0 Å². The lowest BCUT2D eigenvalue weighted by Gasteiger charge is -2.06. The summed E-state index contributed by atoms with van der Waals surface area (Å²) >= 11 is 0. The number of hydrazone groups is 1. The van der Waals surface area contributed by atoms with Crippen LogP contribution in [0.3, 0.4) is 0 Å². The monoisotopic (exact) mass is 314 g/mol. The maximum atomic E-state index is 4.74. The zero-order chi connectivity index (χ0) is 16.4. The van der Waals surface area contributed by atoms with Gasteiger partial charge in [0.1, 0.15) is 0 Å². The molecule has 24 heavy (non-hydrogen) atoms. The standard InChI is InChI=1S/C18H14N6/c1-12(23-24-18-20-10-3-11-21-18)15-8-7-14-6-5-13-4-2-9-19-16(13)17(14)22-15/h2-11H,1H3,(H,20,21,24)/b23-12+. The summed E-state index contributed by atoms with van der Waals surface area (Å²) in [4.78, 5) is 17.4. The van der Waals surface area contributed by atoms with Gasteiger partial charge in [-0.2, -0.15) is 5.10 Å². The Morgan fingerprint density at radius 1 is 0.833 bits per heavy atom. The molecular weight excluding hydrogens is 300 g/mol. The molecule has 1 N–H and O–H groups in total. The maximum absolute atomic E-state index is 4.74. The Kier molecular flexibility index (Phi) is 3.55.